The predicted octanol–water partition coefficient (Wildman–Crippen LogP) is 0.723. The van der Waals surface area contributed by atoms with Crippen LogP contribution in [0.15, 0.2) is 29.3 Å². The molecular weight excluding hydrogens is 380 g/mol. The first-order chi connectivity index (χ1) is 13.2. The minimum Gasteiger partial charge on any atom is -0.349 e. The molecule has 1 aromatic heterocycles. The molecule has 2 heterocycles. The zero-order chi connectivity index (χ0) is 20.1. The Morgan fingerprint density at radius 2 is 2.04 bits per heavy atom. The summed E-state index contributed by atoms with van der Waals surface area (Å²) in [5.41, 5.74) is 0.786. The van der Waals surface area contributed by atoms with Gasteiger partial charge in [0.2, 0.25) is 10.0 Å². The van der Waals surface area contributed by atoms with Crippen molar-refractivity contribution in [1.82, 2.24) is 19.2 Å². The maximum absolute atomic E-state index is 12.8. The maximum Gasteiger partial charge on any atom is 0.260 e. The van der Waals surface area contributed by atoms with E-state index < -0.39 is 10.0 Å². The summed E-state index contributed by atoms with van der Waals surface area (Å²) in [7, 11) is -1.58. The summed E-state index contributed by atoms with van der Waals surface area (Å²) >= 11 is 0. The molecule has 0 unspecified atom stereocenters. The van der Waals surface area contributed by atoms with Crippen molar-refractivity contribution in [1.29, 1.82) is 0 Å². The molecule has 8 nitrogen and oxygen atoms in total. The molecule has 2 aliphatic rings. The molecule has 1 saturated carbocycles. The number of sulfonamides is 1. The lowest BCUT2D eigenvalue weighted by atomic mass is 9.78. The number of nitrogens with zero attached hydrogens (tertiary/aromatic N) is 3. The fourth-order valence-electron chi connectivity index (χ4n) is 4.48. The van der Waals surface area contributed by atoms with Crippen LogP contribution in [-0.2, 0) is 17.1 Å². The topological polar surface area (TPSA) is 101 Å². The zero-order valence-corrected chi connectivity index (χ0v) is 16.8. The molecule has 1 aromatic carbocycles. The fraction of sp³-hybridized carbons (Fsp3) is 0.526. The van der Waals surface area contributed by atoms with Crippen LogP contribution in [0, 0.1) is 11.8 Å². The van der Waals surface area contributed by atoms with Gasteiger partial charge in [0.1, 0.15) is 0 Å². The molecule has 1 N–H and O–H groups in total. The third kappa shape index (κ3) is 3.44. The van der Waals surface area contributed by atoms with E-state index in [0.717, 1.165) is 19.3 Å². The van der Waals surface area contributed by atoms with Crippen LogP contribution in [0.3, 0.4) is 0 Å². The van der Waals surface area contributed by atoms with Gasteiger partial charge >= 0.3 is 0 Å². The van der Waals surface area contributed by atoms with Gasteiger partial charge in [-0.2, -0.15) is 0 Å². The Morgan fingerprint density at radius 1 is 1.25 bits per heavy atom. The number of aryl methyl sites for hydroxylation is 1. The Hall–Kier alpha value is -2.26. The number of carbonyl (C=O) groups is 1. The van der Waals surface area contributed by atoms with Gasteiger partial charge in [-0.25, -0.2) is 17.7 Å². The maximum atomic E-state index is 12.8. The van der Waals surface area contributed by atoms with E-state index in [-0.39, 0.29) is 29.3 Å². The van der Waals surface area contributed by atoms with Crippen LogP contribution in [0.25, 0.3) is 10.9 Å². The highest BCUT2D eigenvalue weighted by Gasteiger charge is 2.43. The van der Waals surface area contributed by atoms with Crippen molar-refractivity contribution in [2.75, 3.05) is 19.3 Å². The minimum absolute atomic E-state index is 0.0506. The number of carbonyl (C=O) groups excluding carboxylic acids is 1. The number of hydrogen-bond acceptors (Lipinski definition) is 5. The number of benzene rings is 1. The van der Waals surface area contributed by atoms with Crippen molar-refractivity contribution >= 4 is 26.8 Å². The van der Waals surface area contributed by atoms with E-state index in [0.29, 0.717) is 29.6 Å². The van der Waals surface area contributed by atoms with Crippen LogP contribution in [0.4, 0.5) is 0 Å². The smallest absolute Gasteiger partial charge is 0.260 e. The Balaban J connectivity index is 1.54. The molecule has 1 saturated heterocycles. The largest absolute Gasteiger partial charge is 0.349 e. The molecule has 9 heteroatoms. The molecule has 1 amide bonds. The van der Waals surface area contributed by atoms with E-state index in [1.54, 1.807) is 25.2 Å². The third-order valence-corrected chi connectivity index (χ3v) is 7.27. The average Bonchev–Trinajstić information content (AvgIpc) is 3.10. The van der Waals surface area contributed by atoms with Gasteiger partial charge in [0.15, 0.2) is 0 Å². The van der Waals surface area contributed by atoms with Gasteiger partial charge in [0.25, 0.3) is 11.5 Å². The first-order valence-electron chi connectivity index (χ1n) is 9.45. The Kier molecular flexibility index (Phi) is 4.75. The normalized spacial score (nSPS) is 25.6. The summed E-state index contributed by atoms with van der Waals surface area (Å²) in [6.07, 6.45) is 5.49. The molecule has 1 aliphatic heterocycles. The lowest BCUT2D eigenvalue weighted by Gasteiger charge is -2.33. The number of rotatable bonds is 3. The molecule has 0 spiro atoms. The molecule has 0 radical (unpaired) electrons. The Labute approximate surface area is 163 Å². The van der Waals surface area contributed by atoms with Crippen molar-refractivity contribution in [3.8, 4) is 0 Å². The van der Waals surface area contributed by atoms with Crippen molar-refractivity contribution in [2.24, 2.45) is 18.9 Å². The SMILES string of the molecule is Cn1cnc2cc(C(=O)N[C@H]3CCC[C@H]4CN(S(C)(=O)=O)C[C@H]43)ccc2c1=O. The Bertz CT molecular complexity index is 1090. The van der Waals surface area contributed by atoms with E-state index in [1.807, 2.05) is 0 Å². The molecule has 1 aliphatic carbocycles. The van der Waals surface area contributed by atoms with E-state index in [1.165, 1.54) is 21.5 Å². The summed E-state index contributed by atoms with van der Waals surface area (Å²) in [6, 6.07) is 4.84. The fourth-order valence-corrected chi connectivity index (χ4v) is 5.39. The van der Waals surface area contributed by atoms with Crippen molar-refractivity contribution < 1.29 is 13.2 Å². The molecule has 2 fully saturated rings. The van der Waals surface area contributed by atoms with Gasteiger partial charge in [-0.05, 0) is 42.9 Å². The van der Waals surface area contributed by atoms with Crippen LogP contribution in [0.2, 0.25) is 0 Å². The third-order valence-electron chi connectivity index (χ3n) is 6.03. The summed E-state index contributed by atoms with van der Waals surface area (Å²) in [6.45, 7) is 1.00. The summed E-state index contributed by atoms with van der Waals surface area (Å²) in [5.74, 6) is 0.209. The number of nitrogens with one attached hydrogen (secondary N) is 1. The van der Waals surface area contributed by atoms with Gasteiger partial charge in [-0.3, -0.25) is 9.59 Å². The lowest BCUT2D eigenvalue weighted by molar-refractivity contribution is 0.0897. The standard InChI is InChI=1S/C19H24N4O4S/c1-22-11-20-17-8-12(6-7-14(17)19(22)25)18(24)21-16-5-3-4-13-9-23(10-15(13)16)28(2,26)27/h6-8,11,13,15-16H,3-5,9-10H2,1-2H3,(H,21,24)/t13-,15+,16-/m0/s1. The van der Waals surface area contributed by atoms with Crippen LogP contribution >= 0.6 is 0 Å². The Morgan fingerprint density at radius 3 is 2.79 bits per heavy atom. The van der Waals surface area contributed by atoms with Crippen LogP contribution in [0.1, 0.15) is 29.6 Å². The summed E-state index contributed by atoms with van der Waals surface area (Å²) < 4.78 is 26.7. The van der Waals surface area contributed by atoms with Gasteiger partial charge < -0.3 is 9.88 Å². The van der Waals surface area contributed by atoms with Gasteiger partial charge in [0.05, 0.1) is 23.5 Å². The van der Waals surface area contributed by atoms with Crippen LogP contribution in [0.5, 0.6) is 0 Å². The zero-order valence-electron chi connectivity index (χ0n) is 16.0. The summed E-state index contributed by atoms with van der Waals surface area (Å²) in [4.78, 5) is 29.2. The van der Waals surface area contributed by atoms with Crippen LogP contribution in [-0.4, -0.2) is 53.6 Å². The number of fused-ring (bicyclic) bond motifs is 2. The molecular formula is C19H24N4O4S. The molecule has 4 rings (SSSR count). The second kappa shape index (κ2) is 6.97. The van der Waals surface area contributed by atoms with E-state index >= 15 is 0 Å². The first kappa shape index (κ1) is 19.1. The van der Waals surface area contributed by atoms with Crippen molar-refractivity contribution in [3.63, 3.8) is 0 Å². The second-order valence-corrected chi connectivity index (χ2v) is 9.89. The highest BCUT2D eigenvalue weighted by atomic mass is 32.2. The molecule has 28 heavy (non-hydrogen) atoms. The highest BCUT2D eigenvalue weighted by Crippen LogP contribution is 2.37. The summed E-state index contributed by atoms with van der Waals surface area (Å²) in [5, 5.41) is 3.57. The first-order valence-corrected chi connectivity index (χ1v) is 11.3. The predicted molar refractivity (Wildman–Crippen MR) is 105 cm³/mol. The van der Waals surface area contributed by atoms with Gasteiger partial charge in [-0.15, -0.1) is 0 Å². The van der Waals surface area contributed by atoms with E-state index in [9.17, 15) is 18.0 Å². The quantitative estimate of drug-likeness (QED) is 0.812. The number of aromatic nitrogens is 2. The molecule has 0 bridgehead atoms. The monoisotopic (exact) mass is 404 g/mol. The second-order valence-electron chi connectivity index (χ2n) is 7.91. The van der Waals surface area contributed by atoms with E-state index in [4.69, 9.17) is 0 Å². The van der Waals surface area contributed by atoms with E-state index in [2.05, 4.69) is 10.3 Å². The number of amides is 1. The van der Waals surface area contributed by atoms with Crippen LogP contribution < -0.4 is 10.9 Å². The number of hydrogen-bond donors (Lipinski definition) is 1. The highest BCUT2D eigenvalue weighted by molar-refractivity contribution is 7.88. The average molecular weight is 404 g/mol. The minimum atomic E-state index is -3.22. The van der Waals surface area contributed by atoms with Gasteiger partial charge in [0, 0.05) is 31.7 Å². The molecule has 3 atom stereocenters. The van der Waals surface area contributed by atoms with Crippen molar-refractivity contribution in [3.05, 3.63) is 40.4 Å². The molecule has 150 valence electrons. The van der Waals surface area contributed by atoms with Crippen molar-refractivity contribution in [2.45, 2.75) is 25.3 Å². The van der Waals surface area contributed by atoms with Gasteiger partial charge in [-0.1, -0.05) is 6.42 Å². The lowest BCUT2D eigenvalue weighted by Crippen LogP contribution is -2.45. The molecule has 2 aromatic rings.